The van der Waals surface area contributed by atoms with Gasteiger partial charge in [0.2, 0.25) is 0 Å². The number of rotatable bonds is 4. The van der Waals surface area contributed by atoms with E-state index >= 15 is 0 Å². The molecule has 1 unspecified atom stereocenters. The minimum absolute atomic E-state index is 0.340. The molecule has 0 aromatic rings. The second-order valence-corrected chi connectivity index (χ2v) is 7.26. The van der Waals surface area contributed by atoms with E-state index in [-0.39, 0.29) is 0 Å². The summed E-state index contributed by atoms with van der Waals surface area (Å²) < 4.78 is 0. The Morgan fingerprint density at radius 3 is 2.37 bits per heavy atom. The lowest BCUT2D eigenvalue weighted by molar-refractivity contribution is -0.0173. The predicted molar refractivity (Wildman–Crippen MR) is 83.2 cm³/mol. The number of nitrogens with zero attached hydrogens (tertiary/aromatic N) is 1. The van der Waals surface area contributed by atoms with Crippen molar-refractivity contribution in [2.45, 2.75) is 83.7 Å². The quantitative estimate of drug-likeness (QED) is 0.838. The van der Waals surface area contributed by atoms with Gasteiger partial charge in [-0.05, 0) is 63.3 Å². The molecule has 0 amide bonds. The molecule has 2 nitrogen and oxygen atoms in total. The lowest BCUT2D eigenvalue weighted by atomic mass is 9.71. The van der Waals surface area contributed by atoms with Crippen LogP contribution < -0.4 is 5.73 Å². The summed E-state index contributed by atoms with van der Waals surface area (Å²) in [6.07, 6.45) is 11.0. The van der Waals surface area contributed by atoms with Crippen LogP contribution in [0, 0.1) is 11.8 Å². The molecule has 112 valence electrons. The summed E-state index contributed by atoms with van der Waals surface area (Å²) in [6, 6.07) is 0.799. The summed E-state index contributed by atoms with van der Waals surface area (Å²) in [5, 5.41) is 0. The van der Waals surface area contributed by atoms with Gasteiger partial charge in [0, 0.05) is 18.1 Å². The van der Waals surface area contributed by atoms with Crippen molar-refractivity contribution >= 4 is 0 Å². The summed E-state index contributed by atoms with van der Waals surface area (Å²) >= 11 is 0. The van der Waals surface area contributed by atoms with Gasteiger partial charge in [-0.25, -0.2) is 0 Å². The minimum Gasteiger partial charge on any atom is -0.329 e. The molecule has 2 rings (SSSR count). The standard InChI is InChI=1S/C17H34N2/c1-4-16-7-5-6-12-19(16)17(13-18)10-8-15(9-11-17)14(2)3/h14-16H,4-13,18H2,1-3H3. The lowest BCUT2D eigenvalue weighted by Gasteiger charge is -2.53. The van der Waals surface area contributed by atoms with Gasteiger partial charge >= 0.3 is 0 Å². The van der Waals surface area contributed by atoms with Crippen molar-refractivity contribution < 1.29 is 0 Å². The third kappa shape index (κ3) is 3.16. The van der Waals surface area contributed by atoms with Crippen molar-refractivity contribution in [3.8, 4) is 0 Å². The highest BCUT2D eigenvalue weighted by Crippen LogP contribution is 2.41. The second kappa shape index (κ2) is 6.58. The average molecular weight is 266 g/mol. The summed E-state index contributed by atoms with van der Waals surface area (Å²) in [4.78, 5) is 2.83. The van der Waals surface area contributed by atoms with Gasteiger partial charge in [-0.2, -0.15) is 0 Å². The number of hydrogen-bond acceptors (Lipinski definition) is 2. The lowest BCUT2D eigenvalue weighted by Crippen LogP contribution is -2.60. The van der Waals surface area contributed by atoms with E-state index in [2.05, 4.69) is 25.7 Å². The normalized spacial score (nSPS) is 37.7. The number of piperidine rings is 1. The third-order valence-electron chi connectivity index (χ3n) is 5.99. The Bertz CT molecular complexity index is 266. The van der Waals surface area contributed by atoms with E-state index in [1.807, 2.05) is 0 Å². The molecule has 0 radical (unpaired) electrons. The van der Waals surface area contributed by atoms with Crippen LogP contribution in [0.4, 0.5) is 0 Å². The maximum absolute atomic E-state index is 6.27. The first-order valence-electron chi connectivity index (χ1n) is 8.60. The Hall–Kier alpha value is -0.0800. The maximum atomic E-state index is 6.27. The van der Waals surface area contributed by atoms with Crippen LogP contribution in [0.25, 0.3) is 0 Å². The Labute approximate surface area is 120 Å². The Kier molecular flexibility index (Phi) is 5.30. The van der Waals surface area contributed by atoms with Crippen LogP contribution in [0.3, 0.4) is 0 Å². The first kappa shape index (κ1) is 15.3. The molecular weight excluding hydrogens is 232 g/mol. The van der Waals surface area contributed by atoms with E-state index in [9.17, 15) is 0 Å². The van der Waals surface area contributed by atoms with Crippen LogP contribution in [-0.4, -0.2) is 29.6 Å². The zero-order valence-electron chi connectivity index (χ0n) is 13.3. The van der Waals surface area contributed by atoms with Crippen LogP contribution >= 0.6 is 0 Å². The monoisotopic (exact) mass is 266 g/mol. The van der Waals surface area contributed by atoms with E-state index < -0.39 is 0 Å². The molecular formula is C17H34N2. The molecule has 1 atom stereocenters. The fourth-order valence-corrected chi connectivity index (χ4v) is 4.50. The number of hydrogen-bond donors (Lipinski definition) is 1. The molecule has 1 saturated heterocycles. The van der Waals surface area contributed by atoms with Gasteiger partial charge < -0.3 is 5.73 Å². The predicted octanol–water partition coefficient (Wildman–Crippen LogP) is 3.79. The van der Waals surface area contributed by atoms with Crippen molar-refractivity contribution in [3.05, 3.63) is 0 Å². The van der Waals surface area contributed by atoms with E-state index in [0.29, 0.717) is 5.54 Å². The average Bonchev–Trinajstić information content (AvgIpc) is 2.47. The Balaban J connectivity index is 2.06. The van der Waals surface area contributed by atoms with Gasteiger partial charge in [-0.3, -0.25) is 4.90 Å². The van der Waals surface area contributed by atoms with E-state index in [0.717, 1.165) is 24.4 Å². The van der Waals surface area contributed by atoms with Gasteiger partial charge in [-0.1, -0.05) is 27.2 Å². The molecule has 19 heavy (non-hydrogen) atoms. The molecule has 1 aliphatic carbocycles. The molecule has 2 N–H and O–H groups in total. The van der Waals surface area contributed by atoms with Crippen LogP contribution in [0.2, 0.25) is 0 Å². The Morgan fingerprint density at radius 2 is 1.84 bits per heavy atom. The topological polar surface area (TPSA) is 29.3 Å². The molecule has 2 aliphatic rings. The van der Waals surface area contributed by atoms with Crippen molar-refractivity contribution in [1.82, 2.24) is 4.90 Å². The van der Waals surface area contributed by atoms with Gasteiger partial charge in [0.15, 0.2) is 0 Å². The SMILES string of the molecule is CCC1CCCCN1C1(CN)CCC(C(C)C)CC1. The molecule has 0 spiro atoms. The van der Waals surface area contributed by atoms with Crippen LogP contribution in [0.15, 0.2) is 0 Å². The Morgan fingerprint density at radius 1 is 1.16 bits per heavy atom. The van der Waals surface area contributed by atoms with E-state index in [4.69, 9.17) is 5.73 Å². The first-order chi connectivity index (χ1) is 9.13. The molecule has 0 bridgehead atoms. The fraction of sp³-hybridized carbons (Fsp3) is 1.00. The van der Waals surface area contributed by atoms with Gasteiger partial charge in [-0.15, -0.1) is 0 Å². The fourth-order valence-electron chi connectivity index (χ4n) is 4.50. The van der Waals surface area contributed by atoms with Crippen LogP contribution in [0.1, 0.15) is 72.1 Å². The summed E-state index contributed by atoms with van der Waals surface area (Å²) in [7, 11) is 0. The van der Waals surface area contributed by atoms with Crippen LogP contribution in [-0.2, 0) is 0 Å². The van der Waals surface area contributed by atoms with Crippen molar-refractivity contribution in [3.63, 3.8) is 0 Å². The second-order valence-electron chi connectivity index (χ2n) is 7.26. The van der Waals surface area contributed by atoms with Crippen molar-refractivity contribution in [2.75, 3.05) is 13.1 Å². The minimum atomic E-state index is 0.340. The van der Waals surface area contributed by atoms with Crippen LogP contribution in [0.5, 0.6) is 0 Å². The molecule has 0 aromatic heterocycles. The summed E-state index contributed by atoms with van der Waals surface area (Å²) in [5.41, 5.74) is 6.61. The number of likely N-dealkylation sites (tertiary alicyclic amines) is 1. The summed E-state index contributed by atoms with van der Waals surface area (Å²) in [5.74, 6) is 1.78. The molecule has 2 heteroatoms. The van der Waals surface area contributed by atoms with Crippen molar-refractivity contribution in [1.29, 1.82) is 0 Å². The highest BCUT2D eigenvalue weighted by molar-refractivity contribution is 4.99. The smallest absolute Gasteiger partial charge is 0.0334 e. The zero-order valence-corrected chi connectivity index (χ0v) is 13.3. The van der Waals surface area contributed by atoms with Crippen molar-refractivity contribution in [2.24, 2.45) is 17.6 Å². The van der Waals surface area contributed by atoms with E-state index in [1.54, 1.807) is 0 Å². The zero-order chi connectivity index (χ0) is 13.9. The third-order valence-corrected chi connectivity index (χ3v) is 5.99. The highest BCUT2D eigenvalue weighted by Gasteiger charge is 2.42. The first-order valence-corrected chi connectivity index (χ1v) is 8.60. The van der Waals surface area contributed by atoms with E-state index in [1.165, 1.54) is 57.9 Å². The molecule has 2 fully saturated rings. The van der Waals surface area contributed by atoms with Gasteiger partial charge in [0.05, 0.1) is 0 Å². The highest BCUT2D eigenvalue weighted by atomic mass is 15.2. The van der Waals surface area contributed by atoms with Gasteiger partial charge in [0.1, 0.15) is 0 Å². The molecule has 1 heterocycles. The molecule has 1 aliphatic heterocycles. The maximum Gasteiger partial charge on any atom is 0.0334 e. The molecule has 0 aromatic carbocycles. The summed E-state index contributed by atoms with van der Waals surface area (Å²) in [6.45, 7) is 9.29. The number of nitrogens with two attached hydrogens (primary N) is 1. The molecule has 1 saturated carbocycles. The van der Waals surface area contributed by atoms with Gasteiger partial charge in [0.25, 0.3) is 0 Å². The largest absolute Gasteiger partial charge is 0.329 e.